The highest BCUT2D eigenvalue weighted by atomic mass is 16.6. The summed E-state index contributed by atoms with van der Waals surface area (Å²) in [5.74, 6) is 9.59. The fraction of sp³-hybridized carbons (Fsp3) is 0.875. The molecule has 0 radical (unpaired) electrons. The van der Waals surface area contributed by atoms with E-state index in [9.17, 15) is 14.6 Å². The van der Waals surface area contributed by atoms with Gasteiger partial charge in [-0.2, -0.15) is 4.91 Å². The fourth-order valence-corrected chi connectivity index (χ4v) is 1.88. The van der Waals surface area contributed by atoms with Gasteiger partial charge in [-0.25, -0.2) is 17.2 Å². The molecule has 114 valence electrons. The second kappa shape index (κ2) is 7.88. The predicted octanol–water partition coefficient (Wildman–Crippen LogP) is -2.23. The van der Waals surface area contributed by atoms with Gasteiger partial charge in [0.05, 0.1) is 6.61 Å². The molecular formula is C8H16N6O6. The monoisotopic (exact) mass is 292 g/mol. The van der Waals surface area contributed by atoms with Crippen LogP contribution in [0.3, 0.4) is 0 Å². The van der Waals surface area contributed by atoms with E-state index in [1.807, 2.05) is 0 Å². The van der Waals surface area contributed by atoms with Crippen molar-refractivity contribution < 1.29 is 19.2 Å². The first-order valence-electron chi connectivity index (χ1n) is 5.58. The molecule has 12 nitrogen and oxygen atoms in total. The van der Waals surface area contributed by atoms with Crippen LogP contribution in [0.5, 0.6) is 0 Å². The Labute approximate surface area is 113 Å². The van der Waals surface area contributed by atoms with Gasteiger partial charge in [-0.1, -0.05) is 5.18 Å². The van der Waals surface area contributed by atoms with Crippen LogP contribution in [-0.4, -0.2) is 43.0 Å². The van der Waals surface area contributed by atoms with Crippen molar-refractivity contribution in [2.75, 3.05) is 6.61 Å². The fourth-order valence-electron chi connectivity index (χ4n) is 1.88. The van der Waals surface area contributed by atoms with Gasteiger partial charge in [0, 0.05) is 6.92 Å². The van der Waals surface area contributed by atoms with Gasteiger partial charge >= 0.3 is 0 Å². The average molecular weight is 292 g/mol. The van der Waals surface area contributed by atoms with Crippen LogP contribution in [0.4, 0.5) is 0 Å². The van der Waals surface area contributed by atoms with E-state index in [2.05, 4.69) is 30.9 Å². The van der Waals surface area contributed by atoms with E-state index in [-0.39, 0.29) is 6.61 Å². The molecule has 1 saturated heterocycles. The maximum Gasteiger partial charge on any atom is 0.230 e. The Kier molecular flexibility index (Phi) is 6.50. The molecule has 1 amide bonds. The molecule has 1 aliphatic heterocycles. The normalized spacial score (nSPS) is 33.5. The number of rotatable bonds is 7. The highest BCUT2D eigenvalue weighted by Gasteiger charge is 2.49. The molecule has 1 aliphatic rings. The maximum atomic E-state index is 10.9. The Hall–Kier alpha value is -1.57. The van der Waals surface area contributed by atoms with Crippen LogP contribution < -0.4 is 22.6 Å². The van der Waals surface area contributed by atoms with Crippen LogP contribution in [-0.2, 0) is 19.2 Å². The Bertz CT molecular complexity index is 356. The number of nitrogens with zero attached hydrogens (tertiary/aromatic N) is 2. The standard InChI is InChI=1S/C8H16N6O6/c1-3(15)11-12-6-7(20-10)5(13-16)4(2-18-9)19-8(6)14-17/h4-8,12H,2,9-10H2,1H3,(H,11,15). The molecule has 0 aliphatic carbocycles. The zero-order chi connectivity index (χ0) is 15.1. The van der Waals surface area contributed by atoms with Crippen molar-refractivity contribution in [2.45, 2.75) is 37.4 Å². The minimum atomic E-state index is -1.28. The van der Waals surface area contributed by atoms with Crippen molar-refractivity contribution in [3.63, 3.8) is 0 Å². The van der Waals surface area contributed by atoms with Gasteiger partial charge in [-0.3, -0.25) is 15.1 Å². The largest absolute Gasteiger partial charge is 0.343 e. The molecule has 0 saturated carbocycles. The highest BCUT2D eigenvalue weighted by molar-refractivity contribution is 5.72. The molecule has 0 aromatic carbocycles. The molecule has 6 N–H and O–H groups in total. The number of nitrogens with one attached hydrogen (secondary N) is 2. The molecule has 5 unspecified atom stereocenters. The predicted molar refractivity (Wildman–Crippen MR) is 64.0 cm³/mol. The van der Waals surface area contributed by atoms with Gasteiger partial charge in [0.1, 0.15) is 18.2 Å². The molecule has 5 atom stereocenters. The Morgan fingerprint density at radius 1 is 1.35 bits per heavy atom. The van der Waals surface area contributed by atoms with Gasteiger partial charge < -0.3 is 9.57 Å². The number of hydrogen-bond acceptors (Lipinski definition) is 11. The summed E-state index contributed by atoms with van der Waals surface area (Å²) in [5, 5.41) is 5.58. The summed E-state index contributed by atoms with van der Waals surface area (Å²) in [7, 11) is 0. The first-order valence-corrected chi connectivity index (χ1v) is 5.58. The number of carbonyl (C=O) groups is 1. The lowest BCUT2D eigenvalue weighted by molar-refractivity contribution is -0.166. The molecule has 1 rings (SSSR count). The summed E-state index contributed by atoms with van der Waals surface area (Å²) >= 11 is 0. The van der Waals surface area contributed by atoms with E-state index < -0.39 is 36.4 Å². The second-order valence-electron chi connectivity index (χ2n) is 4.05. The van der Waals surface area contributed by atoms with Crippen molar-refractivity contribution in [3.8, 4) is 0 Å². The zero-order valence-corrected chi connectivity index (χ0v) is 10.6. The number of nitroso groups, excluding NO2 is 2. The molecule has 12 heteroatoms. The highest BCUT2D eigenvalue weighted by Crippen LogP contribution is 2.25. The molecular weight excluding hydrogens is 276 g/mol. The lowest BCUT2D eigenvalue weighted by Gasteiger charge is -2.40. The van der Waals surface area contributed by atoms with E-state index in [0.29, 0.717) is 0 Å². The number of amides is 1. The van der Waals surface area contributed by atoms with Crippen LogP contribution >= 0.6 is 0 Å². The summed E-state index contributed by atoms with van der Waals surface area (Å²) in [6, 6.07) is -2.11. The third-order valence-electron chi connectivity index (χ3n) is 2.75. The van der Waals surface area contributed by atoms with Gasteiger partial charge in [0.25, 0.3) is 0 Å². The molecule has 0 aromatic rings. The first-order chi connectivity index (χ1) is 9.58. The van der Waals surface area contributed by atoms with E-state index in [1.54, 1.807) is 0 Å². The quantitative estimate of drug-likeness (QED) is 0.298. The molecule has 0 spiro atoms. The van der Waals surface area contributed by atoms with E-state index >= 15 is 0 Å². The number of carbonyl (C=O) groups excluding carboxylic acids is 1. The van der Waals surface area contributed by atoms with Gasteiger partial charge in [0.2, 0.25) is 12.1 Å². The lowest BCUT2D eigenvalue weighted by atomic mass is 9.95. The maximum absolute atomic E-state index is 10.9. The summed E-state index contributed by atoms with van der Waals surface area (Å²) in [6.07, 6.45) is -3.31. The zero-order valence-electron chi connectivity index (χ0n) is 10.6. The summed E-state index contributed by atoms with van der Waals surface area (Å²) in [4.78, 5) is 41.6. The smallest absolute Gasteiger partial charge is 0.230 e. The van der Waals surface area contributed by atoms with Gasteiger partial charge in [-0.15, -0.1) is 4.91 Å². The van der Waals surface area contributed by atoms with Crippen LogP contribution in [0.15, 0.2) is 10.4 Å². The van der Waals surface area contributed by atoms with E-state index in [4.69, 9.17) is 16.5 Å². The SMILES string of the molecule is CC(=O)NNC1C(N=O)OC(CON)C(N=O)C1ON. The first kappa shape index (κ1) is 16.5. The average Bonchev–Trinajstić information content (AvgIpc) is 2.44. The third kappa shape index (κ3) is 3.72. The number of hydrogen-bond donors (Lipinski definition) is 4. The van der Waals surface area contributed by atoms with Crippen LogP contribution in [0.2, 0.25) is 0 Å². The minimum absolute atomic E-state index is 0.213. The van der Waals surface area contributed by atoms with Gasteiger partial charge in [-0.05, 0) is 5.18 Å². The number of ether oxygens (including phenoxy) is 1. The Morgan fingerprint density at radius 3 is 2.50 bits per heavy atom. The third-order valence-corrected chi connectivity index (χ3v) is 2.75. The van der Waals surface area contributed by atoms with Crippen LogP contribution in [0.25, 0.3) is 0 Å². The summed E-state index contributed by atoms with van der Waals surface area (Å²) in [5.41, 5.74) is 4.69. The molecule has 0 bridgehead atoms. The Morgan fingerprint density at radius 2 is 2.05 bits per heavy atom. The lowest BCUT2D eigenvalue weighted by Crippen LogP contribution is -2.66. The van der Waals surface area contributed by atoms with Crippen LogP contribution in [0, 0.1) is 9.81 Å². The van der Waals surface area contributed by atoms with Gasteiger partial charge in [0.15, 0.2) is 6.04 Å². The van der Waals surface area contributed by atoms with Crippen molar-refractivity contribution >= 4 is 5.91 Å². The van der Waals surface area contributed by atoms with Crippen molar-refractivity contribution in [1.29, 1.82) is 0 Å². The summed E-state index contributed by atoms with van der Waals surface area (Å²) < 4.78 is 5.23. The Balaban J connectivity index is 2.92. The van der Waals surface area contributed by atoms with Crippen molar-refractivity contribution in [3.05, 3.63) is 9.81 Å². The summed E-state index contributed by atoms with van der Waals surface area (Å²) in [6.45, 7) is 1.02. The molecule has 1 fully saturated rings. The van der Waals surface area contributed by atoms with E-state index in [1.165, 1.54) is 6.92 Å². The molecule has 20 heavy (non-hydrogen) atoms. The molecule has 0 aromatic heterocycles. The van der Waals surface area contributed by atoms with E-state index in [0.717, 1.165) is 0 Å². The van der Waals surface area contributed by atoms with Crippen molar-refractivity contribution in [1.82, 2.24) is 10.9 Å². The van der Waals surface area contributed by atoms with Crippen LogP contribution in [0.1, 0.15) is 6.92 Å². The molecule has 1 heterocycles. The number of nitrogens with two attached hydrogens (primary N) is 2. The topological polar surface area (TPSA) is 180 Å². The minimum Gasteiger partial charge on any atom is -0.343 e. The number of hydrazine groups is 1. The van der Waals surface area contributed by atoms with Crippen molar-refractivity contribution in [2.24, 2.45) is 22.1 Å². The second-order valence-corrected chi connectivity index (χ2v) is 4.05.